The minimum atomic E-state index is -4.85. The first-order chi connectivity index (χ1) is 7.88. The zero-order valence-electron chi connectivity index (χ0n) is 9.75. The average molecular weight is 253 g/mol. The number of hydrogen-bond acceptors (Lipinski definition) is 2. The summed E-state index contributed by atoms with van der Waals surface area (Å²) in [6, 6.07) is 0. The number of halogens is 3. The molecule has 4 nitrogen and oxygen atoms in total. The van der Waals surface area contributed by atoms with Crippen LogP contribution in [0.2, 0.25) is 0 Å². The number of ether oxygens (including phenoxy) is 1. The summed E-state index contributed by atoms with van der Waals surface area (Å²) >= 11 is 0. The molecule has 0 fully saturated rings. The molecular formula is C10H16F3N2O2+. The Labute approximate surface area is 97.4 Å². The number of esters is 1. The highest BCUT2D eigenvalue weighted by atomic mass is 19.4. The van der Waals surface area contributed by atoms with Gasteiger partial charge in [0.2, 0.25) is 6.33 Å². The van der Waals surface area contributed by atoms with E-state index in [9.17, 15) is 18.0 Å². The third kappa shape index (κ3) is 8.29. The van der Waals surface area contributed by atoms with E-state index in [2.05, 4.69) is 9.72 Å². The molecule has 0 aromatic carbocycles. The van der Waals surface area contributed by atoms with Gasteiger partial charge in [-0.05, 0) is 6.42 Å². The van der Waals surface area contributed by atoms with Crippen LogP contribution < -0.4 is 4.57 Å². The van der Waals surface area contributed by atoms with Crippen molar-refractivity contribution in [3.8, 4) is 0 Å². The lowest BCUT2D eigenvalue weighted by Gasteiger charge is -2.05. The molecule has 0 unspecified atom stereocenters. The largest absolute Gasteiger partial charge is 0.490 e. The van der Waals surface area contributed by atoms with Gasteiger partial charge in [-0.25, -0.2) is 9.36 Å². The fourth-order valence-corrected chi connectivity index (χ4v) is 0.755. The molecule has 1 N–H and O–H groups in total. The van der Waals surface area contributed by atoms with Crippen LogP contribution >= 0.6 is 0 Å². The number of H-pyrrole nitrogens is 1. The lowest BCUT2D eigenvalue weighted by atomic mass is 10.4. The molecule has 1 heterocycles. The van der Waals surface area contributed by atoms with Gasteiger partial charge < -0.3 is 4.74 Å². The zero-order valence-corrected chi connectivity index (χ0v) is 9.75. The highest BCUT2D eigenvalue weighted by molar-refractivity contribution is 5.75. The first-order valence-electron chi connectivity index (χ1n) is 5.10. The number of nitrogens with zero attached hydrogens (tertiary/aromatic N) is 1. The Balaban J connectivity index is 0.000000354. The van der Waals surface area contributed by atoms with Crippen LogP contribution in [-0.4, -0.2) is 23.7 Å². The maximum absolute atomic E-state index is 11.4. The second-order valence-corrected chi connectivity index (χ2v) is 3.26. The molecule has 0 spiro atoms. The summed E-state index contributed by atoms with van der Waals surface area (Å²) in [7, 11) is 1.97. The molecule has 1 aromatic heterocycles. The smallest absolute Gasteiger partial charge is 0.459 e. The van der Waals surface area contributed by atoms with Crippen LogP contribution in [-0.2, 0) is 16.6 Å². The number of carbonyl (C=O) groups is 1. The van der Waals surface area contributed by atoms with Crippen molar-refractivity contribution in [3.05, 3.63) is 18.7 Å². The summed E-state index contributed by atoms with van der Waals surface area (Å²) in [6.45, 7) is 1.64. The molecule has 1 aromatic rings. The lowest BCUT2D eigenvalue weighted by Crippen LogP contribution is -2.25. The maximum Gasteiger partial charge on any atom is 0.490 e. The molecule has 0 aliphatic carbocycles. The Morgan fingerprint density at radius 1 is 1.47 bits per heavy atom. The molecule has 0 aliphatic heterocycles. The molecule has 7 heteroatoms. The monoisotopic (exact) mass is 253 g/mol. The predicted molar refractivity (Wildman–Crippen MR) is 53.9 cm³/mol. The molecule has 0 amide bonds. The molecule has 17 heavy (non-hydrogen) atoms. The summed E-state index contributed by atoms with van der Waals surface area (Å²) in [5.41, 5.74) is 0. The molecule has 0 radical (unpaired) electrons. The topological polar surface area (TPSA) is 46.0 Å². The fraction of sp³-hybridized carbons (Fsp3) is 0.600. The highest BCUT2D eigenvalue weighted by Gasteiger charge is 2.40. The number of aryl methyl sites for hydroxylation is 1. The van der Waals surface area contributed by atoms with Crippen LogP contribution in [0.3, 0.4) is 0 Å². The van der Waals surface area contributed by atoms with Gasteiger partial charge >= 0.3 is 12.1 Å². The van der Waals surface area contributed by atoms with E-state index in [1.807, 2.05) is 30.3 Å². The molecule has 0 saturated carbocycles. The van der Waals surface area contributed by atoms with Crippen molar-refractivity contribution >= 4 is 5.97 Å². The SMILES string of the molecule is CCCCOC(=O)C(F)(F)F.C[n+]1cc[nH]c1. The van der Waals surface area contributed by atoms with Crippen LogP contribution in [0.5, 0.6) is 0 Å². The molecule has 0 saturated heterocycles. The Kier molecular flexibility index (Phi) is 7.00. The Morgan fingerprint density at radius 3 is 2.41 bits per heavy atom. The normalized spacial score (nSPS) is 10.4. The van der Waals surface area contributed by atoms with Gasteiger partial charge in [-0.15, -0.1) is 0 Å². The summed E-state index contributed by atoms with van der Waals surface area (Å²) in [4.78, 5) is 12.9. The number of hydrogen-bond donors (Lipinski definition) is 1. The average Bonchev–Trinajstić information content (AvgIpc) is 2.69. The van der Waals surface area contributed by atoms with Gasteiger partial charge in [-0.1, -0.05) is 13.3 Å². The van der Waals surface area contributed by atoms with Crippen LogP contribution in [0, 0.1) is 0 Å². The first kappa shape index (κ1) is 15.5. The van der Waals surface area contributed by atoms with E-state index in [0.29, 0.717) is 12.8 Å². The van der Waals surface area contributed by atoms with Crippen molar-refractivity contribution in [2.45, 2.75) is 25.9 Å². The van der Waals surface area contributed by atoms with Crippen LogP contribution in [0.25, 0.3) is 0 Å². The number of rotatable bonds is 3. The fourth-order valence-electron chi connectivity index (χ4n) is 0.755. The number of unbranched alkanes of at least 4 members (excludes halogenated alkanes) is 1. The van der Waals surface area contributed by atoms with Crippen LogP contribution in [0.4, 0.5) is 13.2 Å². The van der Waals surface area contributed by atoms with E-state index in [1.165, 1.54) is 0 Å². The molecular weight excluding hydrogens is 237 g/mol. The van der Waals surface area contributed by atoms with Gasteiger partial charge in [-0.3, -0.25) is 4.98 Å². The Hall–Kier alpha value is -1.53. The zero-order chi connectivity index (χ0) is 13.3. The Bertz CT molecular complexity index is 310. The van der Waals surface area contributed by atoms with Crippen LogP contribution in [0.1, 0.15) is 19.8 Å². The minimum Gasteiger partial charge on any atom is -0.459 e. The minimum absolute atomic E-state index is 0.158. The number of aromatic amines is 1. The molecule has 0 aliphatic rings. The quantitative estimate of drug-likeness (QED) is 0.506. The Morgan fingerprint density at radius 2 is 2.12 bits per heavy atom. The summed E-state index contributed by atoms with van der Waals surface area (Å²) in [6.07, 6.45) is 2.00. The van der Waals surface area contributed by atoms with Crippen molar-refractivity contribution in [3.63, 3.8) is 0 Å². The number of aromatic nitrogens is 2. The molecule has 98 valence electrons. The summed E-state index contributed by atoms with van der Waals surface area (Å²) in [5.74, 6) is -2.11. The van der Waals surface area contributed by atoms with Crippen molar-refractivity contribution in [1.82, 2.24) is 4.98 Å². The van der Waals surface area contributed by atoms with E-state index in [-0.39, 0.29) is 6.61 Å². The van der Waals surface area contributed by atoms with Gasteiger partial charge in [0.25, 0.3) is 0 Å². The standard InChI is InChI=1S/C6H9F3O2.C4H6N2/c1-2-3-4-11-5(10)6(7,8)9;1-6-3-2-5-4-6/h2-4H2,1H3;2-4H,1H3/p+1. The maximum atomic E-state index is 11.4. The summed E-state index contributed by atoms with van der Waals surface area (Å²) in [5, 5.41) is 0. The van der Waals surface area contributed by atoms with E-state index in [4.69, 9.17) is 0 Å². The number of nitrogens with one attached hydrogen (secondary N) is 1. The van der Waals surface area contributed by atoms with Crippen molar-refractivity contribution in [1.29, 1.82) is 0 Å². The van der Waals surface area contributed by atoms with Gasteiger partial charge in [0, 0.05) is 0 Å². The number of alkyl halides is 3. The first-order valence-corrected chi connectivity index (χ1v) is 5.10. The summed E-state index contributed by atoms with van der Waals surface area (Å²) < 4.78 is 40.0. The van der Waals surface area contributed by atoms with E-state index < -0.39 is 12.1 Å². The molecule has 0 bridgehead atoms. The van der Waals surface area contributed by atoms with Crippen molar-refractivity contribution < 1.29 is 27.3 Å². The molecule has 1 rings (SSSR count). The number of imidazole rings is 1. The van der Waals surface area contributed by atoms with Crippen molar-refractivity contribution in [2.75, 3.05) is 6.61 Å². The highest BCUT2D eigenvalue weighted by Crippen LogP contribution is 2.16. The second kappa shape index (κ2) is 7.70. The third-order valence-electron chi connectivity index (χ3n) is 1.65. The van der Waals surface area contributed by atoms with E-state index >= 15 is 0 Å². The van der Waals surface area contributed by atoms with Gasteiger partial charge in [0.1, 0.15) is 12.4 Å². The molecule has 0 atom stereocenters. The third-order valence-corrected chi connectivity index (χ3v) is 1.65. The van der Waals surface area contributed by atoms with Crippen LogP contribution in [0.15, 0.2) is 18.7 Å². The number of carbonyl (C=O) groups excluding carboxylic acids is 1. The van der Waals surface area contributed by atoms with Gasteiger partial charge in [-0.2, -0.15) is 13.2 Å². The van der Waals surface area contributed by atoms with Gasteiger partial charge in [0.15, 0.2) is 0 Å². The predicted octanol–water partition coefficient (Wildman–Crippen LogP) is 1.73. The van der Waals surface area contributed by atoms with Gasteiger partial charge in [0.05, 0.1) is 13.7 Å². The van der Waals surface area contributed by atoms with E-state index in [1.54, 1.807) is 6.92 Å². The van der Waals surface area contributed by atoms with Crippen molar-refractivity contribution in [2.24, 2.45) is 7.05 Å². The van der Waals surface area contributed by atoms with E-state index in [0.717, 1.165) is 0 Å². The second-order valence-electron chi connectivity index (χ2n) is 3.26. The lowest BCUT2D eigenvalue weighted by molar-refractivity contribution is -0.670.